The number of amides is 4. The van der Waals surface area contributed by atoms with Gasteiger partial charge in [-0.25, -0.2) is 9.69 Å². The molecule has 4 amide bonds. The lowest BCUT2D eigenvalue weighted by atomic mass is 9.98. The zero-order valence-electron chi connectivity index (χ0n) is 21.5. The average Bonchev–Trinajstić information content (AvgIpc) is 2.76. The first-order chi connectivity index (χ1) is 16.4. The Bertz CT molecular complexity index is 869. The summed E-state index contributed by atoms with van der Waals surface area (Å²) in [4.78, 5) is 63.5. The highest BCUT2D eigenvalue weighted by Crippen LogP contribution is 2.18. The van der Waals surface area contributed by atoms with Crippen molar-refractivity contribution in [3.05, 3.63) is 35.9 Å². The van der Waals surface area contributed by atoms with Crippen molar-refractivity contribution >= 4 is 30.1 Å². The van der Waals surface area contributed by atoms with Crippen molar-refractivity contribution in [1.82, 2.24) is 15.5 Å². The van der Waals surface area contributed by atoms with Crippen molar-refractivity contribution in [2.24, 2.45) is 17.8 Å². The molecule has 0 unspecified atom stereocenters. The molecule has 0 aromatic heterocycles. The normalized spacial score (nSPS) is 13.7. The van der Waals surface area contributed by atoms with Crippen LogP contribution >= 0.6 is 0 Å². The van der Waals surface area contributed by atoms with Gasteiger partial charge in [0.2, 0.25) is 11.8 Å². The fourth-order valence-corrected chi connectivity index (χ4v) is 3.77. The number of aldehydes is 1. The monoisotopic (exact) mass is 489 g/mol. The first-order valence-corrected chi connectivity index (χ1v) is 12.0. The predicted octanol–water partition coefficient (Wildman–Crippen LogP) is 3.48. The van der Waals surface area contributed by atoms with Crippen molar-refractivity contribution in [2.75, 3.05) is 0 Å². The van der Waals surface area contributed by atoms with E-state index in [4.69, 9.17) is 0 Å². The van der Waals surface area contributed by atoms with E-state index in [1.165, 1.54) is 12.1 Å². The predicted molar refractivity (Wildman–Crippen MR) is 133 cm³/mol. The van der Waals surface area contributed by atoms with E-state index in [1.807, 2.05) is 41.5 Å². The molecule has 0 aliphatic carbocycles. The smallest absolute Gasteiger partial charge is 0.415 e. The number of imide groups is 1. The number of rotatable bonds is 13. The van der Waals surface area contributed by atoms with Crippen LogP contribution in [-0.2, 0) is 14.4 Å². The van der Waals surface area contributed by atoms with Gasteiger partial charge in [0.05, 0.1) is 6.04 Å². The molecule has 9 nitrogen and oxygen atoms in total. The molecule has 0 saturated heterocycles. The van der Waals surface area contributed by atoms with Gasteiger partial charge in [0.15, 0.2) is 0 Å². The summed E-state index contributed by atoms with van der Waals surface area (Å²) in [6, 6.07) is 4.84. The Morgan fingerprint density at radius 2 is 1.37 bits per heavy atom. The van der Waals surface area contributed by atoms with Crippen LogP contribution in [0.15, 0.2) is 30.3 Å². The van der Waals surface area contributed by atoms with E-state index >= 15 is 0 Å². The molecule has 0 aliphatic heterocycles. The van der Waals surface area contributed by atoms with E-state index in [0.29, 0.717) is 17.6 Å². The molecule has 35 heavy (non-hydrogen) atoms. The Balaban J connectivity index is 3.24. The van der Waals surface area contributed by atoms with Gasteiger partial charge in [-0.1, -0.05) is 59.7 Å². The molecule has 0 radical (unpaired) electrons. The largest absolute Gasteiger partial charge is 0.465 e. The summed E-state index contributed by atoms with van der Waals surface area (Å²) >= 11 is 0. The van der Waals surface area contributed by atoms with Gasteiger partial charge in [-0.3, -0.25) is 14.4 Å². The second-order valence-corrected chi connectivity index (χ2v) is 10.0. The first-order valence-electron chi connectivity index (χ1n) is 12.0. The van der Waals surface area contributed by atoms with Crippen LogP contribution in [0, 0.1) is 17.8 Å². The molecule has 194 valence electrons. The number of carbonyl (C=O) groups is 5. The standard InChI is InChI=1S/C26H39N3O6/c1-16(2)12-20(15-30)27-23(31)21(13-17(3)4)28-24(32)22(14-18(5)6)29(26(34)35)25(33)19-10-8-7-9-11-19/h7-11,15-18,20-22H,12-14H2,1-6H3,(H,27,31)(H,28,32)(H,34,35)/t20-,21-,22-/m0/s1. The molecule has 1 aromatic carbocycles. The topological polar surface area (TPSA) is 133 Å². The lowest BCUT2D eigenvalue weighted by Crippen LogP contribution is -2.57. The van der Waals surface area contributed by atoms with Gasteiger partial charge in [0.25, 0.3) is 5.91 Å². The molecule has 0 spiro atoms. The summed E-state index contributed by atoms with van der Waals surface area (Å²) in [5, 5.41) is 15.2. The Kier molecular flexibility index (Phi) is 12.1. The van der Waals surface area contributed by atoms with Crippen LogP contribution in [0.5, 0.6) is 0 Å². The van der Waals surface area contributed by atoms with Gasteiger partial charge < -0.3 is 20.5 Å². The minimum atomic E-state index is -1.55. The van der Waals surface area contributed by atoms with Crippen LogP contribution in [0.3, 0.4) is 0 Å². The molecule has 0 heterocycles. The quantitative estimate of drug-likeness (QED) is 0.363. The Morgan fingerprint density at radius 3 is 1.83 bits per heavy atom. The van der Waals surface area contributed by atoms with Gasteiger partial charge in [0, 0.05) is 5.56 Å². The summed E-state index contributed by atoms with van der Waals surface area (Å²) in [6.07, 6.45) is -0.0807. The van der Waals surface area contributed by atoms with Crippen molar-refractivity contribution < 1.29 is 29.1 Å². The SMILES string of the molecule is CC(C)C[C@@H](C=O)NC(=O)[C@H](CC(C)C)NC(=O)[C@H](CC(C)C)N(C(=O)O)C(=O)c1ccccc1. The van der Waals surface area contributed by atoms with E-state index < -0.39 is 41.9 Å². The average molecular weight is 490 g/mol. The molecular weight excluding hydrogens is 450 g/mol. The maximum Gasteiger partial charge on any atom is 0.415 e. The molecule has 3 atom stereocenters. The number of nitrogens with one attached hydrogen (secondary N) is 2. The summed E-state index contributed by atoms with van der Waals surface area (Å²) in [7, 11) is 0. The van der Waals surface area contributed by atoms with Crippen LogP contribution < -0.4 is 10.6 Å². The third-order valence-electron chi connectivity index (χ3n) is 5.31. The maximum atomic E-state index is 13.4. The first kappa shape index (κ1) is 29.8. The number of carbonyl (C=O) groups excluding carboxylic acids is 4. The highest BCUT2D eigenvalue weighted by atomic mass is 16.4. The molecule has 0 fully saturated rings. The minimum Gasteiger partial charge on any atom is -0.465 e. The van der Waals surface area contributed by atoms with Gasteiger partial charge in [-0.15, -0.1) is 0 Å². The van der Waals surface area contributed by atoms with Gasteiger partial charge in [0.1, 0.15) is 18.4 Å². The molecule has 9 heteroatoms. The molecule has 0 aliphatic rings. The second kappa shape index (κ2) is 14.2. The zero-order chi connectivity index (χ0) is 26.7. The lowest BCUT2D eigenvalue weighted by molar-refractivity contribution is -0.132. The van der Waals surface area contributed by atoms with Crippen molar-refractivity contribution in [1.29, 1.82) is 0 Å². The van der Waals surface area contributed by atoms with Gasteiger partial charge in [-0.2, -0.15) is 0 Å². The van der Waals surface area contributed by atoms with Crippen molar-refractivity contribution in [3.63, 3.8) is 0 Å². The molecule has 0 saturated carbocycles. The third-order valence-corrected chi connectivity index (χ3v) is 5.31. The number of nitrogens with zero attached hydrogens (tertiary/aromatic N) is 1. The van der Waals surface area contributed by atoms with Crippen LogP contribution in [0.4, 0.5) is 4.79 Å². The number of hydrogen-bond donors (Lipinski definition) is 3. The summed E-state index contributed by atoms with van der Waals surface area (Å²) in [6.45, 7) is 11.2. The summed E-state index contributed by atoms with van der Waals surface area (Å²) < 4.78 is 0. The second-order valence-electron chi connectivity index (χ2n) is 10.0. The van der Waals surface area contributed by atoms with Crippen LogP contribution in [0.1, 0.15) is 71.2 Å². The van der Waals surface area contributed by atoms with E-state index in [9.17, 15) is 29.1 Å². The van der Waals surface area contributed by atoms with Crippen LogP contribution in [-0.4, -0.2) is 58.2 Å². The van der Waals surface area contributed by atoms with Crippen molar-refractivity contribution in [3.8, 4) is 0 Å². The van der Waals surface area contributed by atoms with E-state index in [0.717, 1.165) is 0 Å². The lowest BCUT2D eigenvalue weighted by Gasteiger charge is -2.30. The Hall–Kier alpha value is -3.23. The fourth-order valence-electron chi connectivity index (χ4n) is 3.77. The number of carboxylic acid groups (broad SMARTS) is 1. The molecular formula is C26H39N3O6. The zero-order valence-corrected chi connectivity index (χ0v) is 21.5. The highest BCUT2D eigenvalue weighted by Gasteiger charge is 2.37. The third kappa shape index (κ3) is 9.88. The number of benzene rings is 1. The van der Waals surface area contributed by atoms with E-state index in [1.54, 1.807) is 18.2 Å². The maximum absolute atomic E-state index is 13.4. The summed E-state index contributed by atoms with van der Waals surface area (Å²) in [5.41, 5.74) is 0.135. The molecule has 3 N–H and O–H groups in total. The van der Waals surface area contributed by atoms with E-state index in [-0.39, 0.29) is 36.2 Å². The van der Waals surface area contributed by atoms with E-state index in [2.05, 4.69) is 10.6 Å². The van der Waals surface area contributed by atoms with Gasteiger partial charge >= 0.3 is 6.09 Å². The molecule has 0 bridgehead atoms. The molecule has 1 rings (SSSR count). The Labute approximate surface area is 207 Å². The van der Waals surface area contributed by atoms with Crippen LogP contribution in [0.2, 0.25) is 0 Å². The molecule has 1 aromatic rings. The minimum absolute atomic E-state index is 0.0240. The highest BCUT2D eigenvalue weighted by molar-refractivity contribution is 6.06. The van der Waals surface area contributed by atoms with Crippen LogP contribution in [0.25, 0.3) is 0 Å². The summed E-state index contributed by atoms with van der Waals surface area (Å²) in [5.74, 6) is -1.99. The van der Waals surface area contributed by atoms with Gasteiger partial charge in [-0.05, 0) is 49.1 Å². The number of hydrogen-bond acceptors (Lipinski definition) is 5. The fraction of sp³-hybridized carbons (Fsp3) is 0.577. The van der Waals surface area contributed by atoms with Crippen molar-refractivity contribution in [2.45, 2.75) is 78.9 Å². The Morgan fingerprint density at radius 1 is 0.829 bits per heavy atom.